The molecule has 1 heterocycles. The van der Waals surface area contributed by atoms with Crippen LogP contribution in [0.5, 0.6) is 0 Å². The second-order valence-electron chi connectivity index (χ2n) is 3.96. The zero-order chi connectivity index (χ0) is 7.73. The predicted octanol–water partition coefficient (Wildman–Crippen LogP) is 1.15. The van der Waals surface area contributed by atoms with E-state index < -0.39 is 0 Å². The highest BCUT2D eigenvalue weighted by molar-refractivity contribution is 4.99. The lowest BCUT2D eigenvalue weighted by molar-refractivity contribution is 0.164. The molecule has 0 amide bonds. The van der Waals surface area contributed by atoms with E-state index in [2.05, 4.69) is 0 Å². The van der Waals surface area contributed by atoms with Crippen LogP contribution in [0.3, 0.4) is 0 Å². The molecule has 2 nitrogen and oxygen atoms in total. The van der Waals surface area contributed by atoms with E-state index in [-0.39, 0.29) is 0 Å². The lowest BCUT2D eigenvalue weighted by Crippen LogP contribution is -2.19. The van der Waals surface area contributed by atoms with Crippen LogP contribution in [0.2, 0.25) is 0 Å². The van der Waals surface area contributed by atoms with Crippen LogP contribution in [0.15, 0.2) is 0 Å². The summed E-state index contributed by atoms with van der Waals surface area (Å²) in [6, 6.07) is 0. The van der Waals surface area contributed by atoms with Gasteiger partial charge in [-0.2, -0.15) is 0 Å². The third kappa shape index (κ3) is 1.30. The minimum absolute atomic E-state index is 0.630. The van der Waals surface area contributed by atoms with Crippen molar-refractivity contribution < 1.29 is 4.74 Å². The Morgan fingerprint density at radius 1 is 1.45 bits per heavy atom. The summed E-state index contributed by atoms with van der Waals surface area (Å²) in [4.78, 5) is 0. The number of rotatable bonds is 3. The number of hydrogen-bond donors (Lipinski definition) is 1. The van der Waals surface area contributed by atoms with Crippen LogP contribution in [-0.4, -0.2) is 19.8 Å². The fourth-order valence-electron chi connectivity index (χ4n) is 2.33. The van der Waals surface area contributed by atoms with Crippen molar-refractivity contribution in [2.24, 2.45) is 17.1 Å². The third-order valence-electron chi connectivity index (χ3n) is 3.33. The summed E-state index contributed by atoms with van der Waals surface area (Å²) in [5, 5.41) is 0. The van der Waals surface area contributed by atoms with Crippen LogP contribution >= 0.6 is 0 Å². The minimum Gasteiger partial charge on any atom is -0.381 e. The molecule has 0 radical (unpaired) electrons. The van der Waals surface area contributed by atoms with Crippen molar-refractivity contribution in [3.05, 3.63) is 0 Å². The Kier molecular flexibility index (Phi) is 1.90. The maximum Gasteiger partial charge on any atom is 0.0500 e. The minimum atomic E-state index is 0.630. The molecule has 11 heavy (non-hydrogen) atoms. The molecule has 0 aromatic rings. The van der Waals surface area contributed by atoms with Crippen LogP contribution in [0.4, 0.5) is 0 Å². The average molecular weight is 155 g/mol. The van der Waals surface area contributed by atoms with Crippen LogP contribution in [-0.2, 0) is 4.74 Å². The number of nitrogens with two attached hydrogens (primary N) is 1. The molecule has 64 valence electrons. The Morgan fingerprint density at radius 2 is 2.27 bits per heavy atom. The maximum absolute atomic E-state index is 5.58. The van der Waals surface area contributed by atoms with Gasteiger partial charge in [-0.15, -0.1) is 0 Å². The maximum atomic E-state index is 5.58. The van der Waals surface area contributed by atoms with E-state index in [1.54, 1.807) is 0 Å². The van der Waals surface area contributed by atoms with Gasteiger partial charge in [-0.05, 0) is 43.6 Å². The zero-order valence-electron chi connectivity index (χ0n) is 7.01. The Labute approximate surface area is 68.1 Å². The van der Waals surface area contributed by atoms with Gasteiger partial charge >= 0.3 is 0 Å². The van der Waals surface area contributed by atoms with E-state index in [0.717, 1.165) is 25.7 Å². The lowest BCUT2D eigenvalue weighted by Gasteiger charge is -2.19. The summed E-state index contributed by atoms with van der Waals surface area (Å²) in [5.41, 5.74) is 6.21. The molecule has 0 aromatic carbocycles. The van der Waals surface area contributed by atoms with Gasteiger partial charge in [-0.3, -0.25) is 0 Å². The molecule has 2 aliphatic rings. The van der Waals surface area contributed by atoms with Crippen LogP contribution in [0.25, 0.3) is 0 Å². The molecular formula is C9H17NO. The Hall–Kier alpha value is -0.0800. The second kappa shape index (κ2) is 2.76. The molecule has 1 saturated heterocycles. The van der Waals surface area contributed by atoms with Gasteiger partial charge in [0.05, 0.1) is 0 Å². The van der Waals surface area contributed by atoms with Crippen molar-refractivity contribution in [2.45, 2.75) is 25.7 Å². The second-order valence-corrected chi connectivity index (χ2v) is 3.96. The Morgan fingerprint density at radius 3 is 2.73 bits per heavy atom. The van der Waals surface area contributed by atoms with Gasteiger partial charge in [0.2, 0.25) is 0 Å². The molecule has 1 unspecified atom stereocenters. The number of ether oxygens (including phenoxy) is 1. The first-order valence-electron chi connectivity index (χ1n) is 4.65. The van der Waals surface area contributed by atoms with Crippen molar-refractivity contribution in [3.8, 4) is 0 Å². The highest BCUT2D eigenvalue weighted by atomic mass is 16.5. The quantitative estimate of drug-likeness (QED) is 0.663. The van der Waals surface area contributed by atoms with Gasteiger partial charge in [0.1, 0.15) is 0 Å². The molecule has 1 atom stereocenters. The summed E-state index contributed by atoms with van der Waals surface area (Å²) < 4.78 is 5.39. The highest BCUT2D eigenvalue weighted by Crippen LogP contribution is 2.56. The van der Waals surface area contributed by atoms with Crippen molar-refractivity contribution in [2.75, 3.05) is 19.8 Å². The van der Waals surface area contributed by atoms with Gasteiger partial charge in [0, 0.05) is 13.2 Å². The largest absolute Gasteiger partial charge is 0.381 e. The number of hydrogen-bond acceptors (Lipinski definition) is 2. The van der Waals surface area contributed by atoms with Crippen molar-refractivity contribution in [1.29, 1.82) is 0 Å². The topological polar surface area (TPSA) is 35.2 Å². The standard InChI is InChI=1S/C9H17NO/c10-5-4-9(2-3-9)8-1-6-11-7-8/h8H,1-7,10H2. The monoisotopic (exact) mass is 155 g/mol. The molecular weight excluding hydrogens is 138 g/mol. The fourth-order valence-corrected chi connectivity index (χ4v) is 2.33. The molecule has 2 N–H and O–H groups in total. The van der Waals surface area contributed by atoms with E-state index >= 15 is 0 Å². The summed E-state index contributed by atoms with van der Waals surface area (Å²) in [6.07, 6.45) is 5.30. The molecule has 1 aliphatic heterocycles. The van der Waals surface area contributed by atoms with E-state index in [1.807, 2.05) is 0 Å². The molecule has 0 spiro atoms. The fraction of sp³-hybridized carbons (Fsp3) is 1.00. The summed E-state index contributed by atoms with van der Waals surface area (Å²) in [6.45, 7) is 2.84. The predicted molar refractivity (Wildman–Crippen MR) is 44.3 cm³/mol. The van der Waals surface area contributed by atoms with Gasteiger partial charge < -0.3 is 10.5 Å². The molecule has 0 aromatic heterocycles. The Balaban J connectivity index is 1.91. The van der Waals surface area contributed by atoms with E-state index in [1.165, 1.54) is 25.7 Å². The molecule has 2 fully saturated rings. The molecule has 2 rings (SSSR count). The van der Waals surface area contributed by atoms with Crippen molar-refractivity contribution in [3.63, 3.8) is 0 Å². The smallest absolute Gasteiger partial charge is 0.0500 e. The Bertz CT molecular complexity index is 136. The first-order chi connectivity index (χ1) is 5.37. The van der Waals surface area contributed by atoms with Crippen LogP contribution in [0, 0.1) is 11.3 Å². The third-order valence-corrected chi connectivity index (χ3v) is 3.33. The lowest BCUT2D eigenvalue weighted by atomic mass is 9.85. The summed E-state index contributed by atoms with van der Waals surface area (Å²) in [7, 11) is 0. The van der Waals surface area contributed by atoms with E-state index in [0.29, 0.717) is 5.41 Å². The van der Waals surface area contributed by atoms with Crippen LogP contribution < -0.4 is 5.73 Å². The SMILES string of the molecule is NCCC1(C2CCOC2)CC1. The highest BCUT2D eigenvalue weighted by Gasteiger charge is 2.49. The van der Waals surface area contributed by atoms with Crippen molar-refractivity contribution >= 4 is 0 Å². The summed E-state index contributed by atoms with van der Waals surface area (Å²) >= 11 is 0. The first kappa shape index (κ1) is 7.56. The van der Waals surface area contributed by atoms with Gasteiger partial charge in [-0.1, -0.05) is 0 Å². The first-order valence-corrected chi connectivity index (χ1v) is 4.65. The van der Waals surface area contributed by atoms with E-state index in [9.17, 15) is 0 Å². The molecule has 1 saturated carbocycles. The van der Waals surface area contributed by atoms with E-state index in [4.69, 9.17) is 10.5 Å². The van der Waals surface area contributed by atoms with Gasteiger partial charge in [0.15, 0.2) is 0 Å². The van der Waals surface area contributed by atoms with Crippen molar-refractivity contribution in [1.82, 2.24) is 0 Å². The summed E-state index contributed by atoms with van der Waals surface area (Å²) in [5.74, 6) is 0.839. The van der Waals surface area contributed by atoms with Gasteiger partial charge in [-0.25, -0.2) is 0 Å². The average Bonchev–Trinajstić information content (AvgIpc) is 2.63. The normalized spacial score (nSPS) is 34.1. The molecule has 0 bridgehead atoms. The van der Waals surface area contributed by atoms with Gasteiger partial charge in [0.25, 0.3) is 0 Å². The molecule has 1 aliphatic carbocycles. The van der Waals surface area contributed by atoms with Crippen LogP contribution in [0.1, 0.15) is 25.7 Å². The zero-order valence-corrected chi connectivity index (χ0v) is 7.01. The molecule has 2 heteroatoms.